The Balaban J connectivity index is 1.23. The molecule has 194 valence electrons. The molecule has 2 nitrogen and oxygen atoms in total. The first-order valence-electron chi connectivity index (χ1n) is 16.0. The van der Waals surface area contributed by atoms with Crippen LogP contribution in [0.3, 0.4) is 0 Å². The van der Waals surface area contributed by atoms with Gasteiger partial charge < -0.3 is 9.13 Å². The summed E-state index contributed by atoms with van der Waals surface area (Å²) in [7, 11) is 0. The van der Waals surface area contributed by atoms with Gasteiger partial charge in [-0.05, 0) is 70.8 Å². The molecule has 1 aliphatic carbocycles. The highest BCUT2D eigenvalue weighted by Crippen LogP contribution is 2.50. The first kappa shape index (κ1) is 19.1. The monoisotopic (exact) mass is 528 g/mol. The summed E-state index contributed by atoms with van der Waals surface area (Å²) in [4.78, 5) is 0. The van der Waals surface area contributed by atoms with Crippen molar-refractivity contribution < 1.29 is 5.48 Å². The second-order valence-corrected chi connectivity index (χ2v) is 11.5. The second kappa shape index (κ2) is 7.99. The molecular weight excluding hydrogens is 496 g/mol. The fraction of sp³-hybridized carbons (Fsp3) is 0.0769. The fourth-order valence-corrected chi connectivity index (χ4v) is 7.14. The van der Waals surface area contributed by atoms with Crippen molar-refractivity contribution in [1.29, 1.82) is 0 Å². The van der Waals surface area contributed by atoms with Crippen LogP contribution in [0.15, 0.2) is 133 Å². The zero-order valence-electron chi connectivity index (χ0n) is 26.8. The molecule has 2 heteroatoms. The number of hydrogen-bond donors (Lipinski definition) is 0. The third kappa shape index (κ3) is 2.97. The number of aromatic nitrogens is 2. The summed E-state index contributed by atoms with van der Waals surface area (Å²) in [5.41, 5.74) is 10.9. The minimum atomic E-state index is -0.264. The van der Waals surface area contributed by atoms with Gasteiger partial charge in [-0.25, -0.2) is 0 Å². The molecule has 0 saturated heterocycles. The van der Waals surface area contributed by atoms with Gasteiger partial charge in [0.25, 0.3) is 0 Å². The van der Waals surface area contributed by atoms with Crippen LogP contribution >= 0.6 is 0 Å². The van der Waals surface area contributed by atoms with Gasteiger partial charge in [0, 0.05) is 38.3 Å². The number of rotatable bonds is 2. The molecule has 1 aliphatic rings. The van der Waals surface area contributed by atoms with Gasteiger partial charge in [0.05, 0.1) is 27.5 Å². The maximum absolute atomic E-state index is 8.25. The van der Waals surface area contributed by atoms with Crippen LogP contribution in [-0.4, -0.2) is 9.13 Å². The molecule has 0 spiro atoms. The van der Waals surface area contributed by atoms with E-state index >= 15 is 0 Å². The second-order valence-electron chi connectivity index (χ2n) is 11.5. The molecule has 8 aromatic rings. The van der Waals surface area contributed by atoms with Gasteiger partial charge in [-0.3, -0.25) is 0 Å². The van der Waals surface area contributed by atoms with E-state index in [9.17, 15) is 0 Å². The molecule has 2 heterocycles. The molecule has 0 unspecified atom stereocenters. The number of fused-ring (bicyclic) bond motifs is 9. The number of para-hydroxylation sites is 4. The molecule has 0 N–H and O–H groups in total. The largest absolute Gasteiger partial charge is 0.309 e. The molecule has 0 radical (unpaired) electrons. The van der Waals surface area contributed by atoms with E-state index in [2.05, 4.69) is 59.4 Å². The SMILES string of the molecule is [2H]c1ccc2c(c1)c1cc([2H])ccc1n2-c1ccc2c(c1)C(C)(C)c1cc(-n3c4ccc([2H])cc4c4cc([2H])ccc43)ccc1-2. The van der Waals surface area contributed by atoms with Gasteiger partial charge in [-0.2, -0.15) is 0 Å². The summed E-state index contributed by atoms with van der Waals surface area (Å²) in [5, 5.41) is 3.95. The third-order valence-corrected chi connectivity index (χ3v) is 9.07. The van der Waals surface area contributed by atoms with Crippen LogP contribution in [-0.2, 0) is 5.41 Å². The number of nitrogens with zero attached hydrogens (tertiary/aromatic N) is 2. The van der Waals surface area contributed by atoms with Crippen LogP contribution in [0.1, 0.15) is 30.5 Å². The van der Waals surface area contributed by atoms with E-state index in [0.717, 1.165) is 55.0 Å². The maximum atomic E-state index is 8.25. The first-order chi connectivity index (χ1) is 21.7. The van der Waals surface area contributed by atoms with Crippen molar-refractivity contribution in [3.63, 3.8) is 0 Å². The maximum Gasteiger partial charge on any atom is 0.0623 e. The van der Waals surface area contributed by atoms with Crippen LogP contribution < -0.4 is 0 Å². The van der Waals surface area contributed by atoms with E-state index in [-0.39, 0.29) is 5.41 Å². The van der Waals surface area contributed by atoms with E-state index in [0.29, 0.717) is 24.2 Å². The van der Waals surface area contributed by atoms with Crippen LogP contribution in [0.25, 0.3) is 66.1 Å². The Labute approximate surface area is 244 Å². The topological polar surface area (TPSA) is 9.86 Å². The molecule has 0 saturated carbocycles. The van der Waals surface area contributed by atoms with Crippen molar-refractivity contribution in [3.8, 4) is 22.5 Å². The molecule has 2 aromatic heterocycles. The van der Waals surface area contributed by atoms with Crippen LogP contribution in [0.5, 0.6) is 0 Å². The Morgan fingerprint density at radius 1 is 0.463 bits per heavy atom. The lowest BCUT2D eigenvalue weighted by Crippen LogP contribution is -2.16. The smallest absolute Gasteiger partial charge is 0.0623 e. The van der Waals surface area contributed by atoms with Crippen LogP contribution in [0, 0.1) is 0 Å². The highest BCUT2D eigenvalue weighted by atomic mass is 15.0. The molecule has 41 heavy (non-hydrogen) atoms. The minimum absolute atomic E-state index is 0.264. The normalized spacial score (nSPS) is 15.2. The Hall–Kier alpha value is -5.08. The standard InChI is InChI=1S/C39H28N2/c1-39(2)33-23-25(40-35-15-7-3-11-29(35)30-12-4-8-16-36(30)40)19-21-27(33)28-22-20-26(24-34(28)39)41-37-17-9-5-13-31(37)32-14-6-10-18-38(32)41/h3-24H,1-2H3/i3D,4D,5D,6D. The number of hydrogen-bond acceptors (Lipinski definition) is 0. The summed E-state index contributed by atoms with van der Waals surface area (Å²) < 4.78 is 37.5. The van der Waals surface area contributed by atoms with Crippen molar-refractivity contribution in [1.82, 2.24) is 9.13 Å². The van der Waals surface area contributed by atoms with Crippen LogP contribution in [0.2, 0.25) is 0 Å². The van der Waals surface area contributed by atoms with Crippen molar-refractivity contribution in [3.05, 3.63) is 144 Å². The van der Waals surface area contributed by atoms with Crippen molar-refractivity contribution in [2.45, 2.75) is 19.3 Å². The predicted molar refractivity (Wildman–Crippen MR) is 173 cm³/mol. The van der Waals surface area contributed by atoms with Gasteiger partial charge in [0.2, 0.25) is 0 Å². The average molecular weight is 529 g/mol. The molecule has 0 amide bonds. The van der Waals surface area contributed by atoms with Crippen molar-refractivity contribution in [2.24, 2.45) is 0 Å². The minimum Gasteiger partial charge on any atom is -0.309 e. The molecule has 0 atom stereocenters. The van der Waals surface area contributed by atoms with Crippen molar-refractivity contribution >= 4 is 43.6 Å². The summed E-state index contributed by atoms with van der Waals surface area (Å²) in [6.07, 6.45) is 0. The van der Waals surface area contributed by atoms with E-state index in [4.69, 9.17) is 5.48 Å². The fourth-order valence-electron chi connectivity index (χ4n) is 7.14. The lowest BCUT2D eigenvalue weighted by Gasteiger charge is -2.23. The summed E-state index contributed by atoms with van der Waals surface area (Å²) >= 11 is 0. The summed E-state index contributed by atoms with van der Waals surface area (Å²) in [5.74, 6) is 0. The first-order valence-corrected chi connectivity index (χ1v) is 14.0. The molecule has 0 bridgehead atoms. The van der Waals surface area contributed by atoms with Crippen molar-refractivity contribution in [2.75, 3.05) is 0 Å². The van der Waals surface area contributed by atoms with Gasteiger partial charge in [-0.1, -0.05) is 98.7 Å². The molecular formula is C39H28N2. The van der Waals surface area contributed by atoms with Gasteiger partial charge in [-0.15, -0.1) is 0 Å². The Bertz CT molecular complexity index is 2270. The van der Waals surface area contributed by atoms with E-state index < -0.39 is 0 Å². The zero-order chi connectivity index (χ0) is 30.8. The average Bonchev–Trinajstić information content (AvgIpc) is 3.59. The molecule has 6 aromatic carbocycles. The zero-order valence-corrected chi connectivity index (χ0v) is 22.8. The summed E-state index contributed by atoms with van der Waals surface area (Å²) in [6.45, 7) is 4.58. The Kier molecular flexibility index (Phi) is 3.72. The van der Waals surface area contributed by atoms with E-state index in [1.54, 1.807) is 0 Å². The van der Waals surface area contributed by atoms with Crippen LogP contribution in [0.4, 0.5) is 0 Å². The lowest BCUT2D eigenvalue weighted by atomic mass is 9.82. The lowest BCUT2D eigenvalue weighted by molar-refractivity contribution is 0.659. The Morgan fingerprint density at radius 2 is 0.805 bits per heavy atom. The highest BCUT2D eigenvalue weighted by molar-refractivity contribution is 6.10. The quantitative estimate of drug-likeness (QED) is 0.211. The van der Waals surface area contributed by atoms with Gasteiger partial charge in [0.15, 0.2) is 0 Å². The highest BCUT2D eigenvalue weighted by Gasteiger charge is 2.36. The van der Waals surface area contributed by atoms with Gasteiger partial charge in [0.1, 0.15) is 0 Å². The summed E-state index contributed by atoms with van der Waals surface area (Å²) in [6, 6.07) is 38.3. The number of benzene rings is 6. The third-order valence-electron chi connectivity index (χ3n) is 9.07. The molecule has 0 aliphatic heterocycles. The molecule has 0 fully saturated rings. The van der Waals surface area contributed by atoms with E-state index in [1.165, 1.54) is 22.3 Å². The predicted octanol–water partition coefficient (Wildman–Crippen LogP) is 10.2. The van der Waals surface area contributed by atoms with Gasteiger partial charge >= 0.3 is 0 Å². The molecule has 9 rings (SSSR count). The Morgan fingerprint density at radius 3 is 1.15 bits per heavy atom. The van der Waals surface area contributed by atoms with E-state index in [1.807, 2.05) is 72.8 Å².